The van der Waals surface area contributed by atoms with Gasteiger partial charge in [0.1, 0.15) is 0 Å². The van der Waals surface area contributed by atoms with Crippen LogP contribution in [-0.2, 0) is 0 Å². The van der Waals surface area contributed by atoms with Crippen molar-refractivity contribution in [2.75, 3.05) is 0 Å². The van der Waals surface area contributed by atoms with Crippen molar-refractivity contribution in [1.82, 2.24) is 0 Å². The van der Waals surface area contributed by atoms with Crippen molar-refractivity contribution in [3.63, 3.8) is 0 Å². The van der Waals surface area contributed by atoms with Crippen molar-refractivity contribution >= 4 is 0 Å². The van der Waals surface area contributed by atoms with E-state index in [2.05, 4.69) is 48.5 Å². The summed E-state index contributed by atoms with van der Waals surface area (Å²) in [6.07, 6.45) is 5.59. The van der Waals surface area contributed by atoms with Gasteiger partial charge in [-0.25, -0.2) is 0 Å². The molecule has 0 saturated heterocycles. The van der Waals surface area contributed by atoms with Gasteiger partial charge in [-0.3, -0.25) is 0 Å². The maximum absolute atomic E-state index is 2.52. The van der Waals surface area contributed by atoms with Gasteiger partial charge in [0, 0.05) is 0 Å². The molecule has 1 rings (SSSR count). The SMILES string of the molecule is CCC(C)C(CC)CC(C)(C)C1CC(C)C1C. The molecule has 0 heterocycles. The van der Waals surface area contributed by atoms with Crippen LogP contribution in [-0.4, -0.2) is 0 Å². The molecule has 1 aliphatic carbocycles. The van der Waals surface area contributed by atoms with E-state index >= 15 is 0 Å². The fourth-order valence-electron chi connectivity index (χ4n) is 3.97. The zero-order valence-electron chi connectivity index (χ0n) is 13.2. The van der Waals surface area contributed by atoms with E-state index in [0.717, 1.165) is 29.6 Å². The summed E-state index contributed by atoms with van der Waals surface area (Å²) < 4.78 is 0. The highest BCUT2D eigenvalue weighted by molar-refractivity contribution is 4.93. The Morgan fingerprint density at radius 2 is 1.71 bits per heavy atom. The van der Waals surface area contributed by atoms with Crippen molar-refractivity contribution in [3.05, 3.63) is 0 Å². The van der Waals surface area contributed by atoms with Crippen LogP contribution in [0.25, 0.3) is 0 Å². The van der Waals surface area contributed by atoms with Gasteiger partial charge in [-0.05, 0) is 47.8 Å². The Kier molecular flexibility index (Phi) is 5.10. The second-order valence-electron chi connectivity index (χ2n) is 7.43. The molecule has 0 heteroatoms. The van der Waals surface area contributed by atoms with E-state index in [4.69, 9.17) is 0 Å². The van der Waals surface area contributed by atoms with Crippen LogP contribution in [0.3, 0.4) is 0 Å². The highest BCUT2D eigenvalue weighted by Crippen LogP contribution is 2.52. The van der Waals surface area contributed by atoms with Crippen LogP contribution in [0.15, 0.2) is 0 Å². The summed E-state index contributed by atoms with van der Waals surface area (Å²) in [6.45, 7) is 17.1. The maximum Gasteiger partial charge on any atom is -0.0320 e. The molecular formula is C17H34. The van der Waals surface area contributed by atoms with E-state index in [0.29, 0.717) is 5.41 Å². The second kappa shape index (κ2) is 5.76. The van der Waals surface area contributed by atoms with Crippen LogP contribution >= 0.6 is 0 Å². The van der Waals surface area contributed by atoms with Crippen LogP contribution in [0.5, 0.6) is 0 Å². The van der Waals surface area contributed by atoms with Gasteiger partial charge in [0.2, 0.25) is 0 Å². The first kappa shape index (κ1) is 15.1. The molecule has 0 spiro atoms. The third-order valence-corrected chi connectivity index (χ3v) is 5.92. The smallest absolute Gasteiger partial charge is 0.0320 e. The highest BCUT2D eigenvalue weighted by atomic mass is 14.5. The fourth-order valence-corrected chi connectivity index (χ4v) is 3.97. The van der Waals surface area contributed by atoms with Crippen molar-refractivity contribution in [3.8, 4) is 0 Å². The van der Waals surface area contributed by atoms with E-state index in [1.165, 1.54) is 25.7 Å². The van der Waals surface area contributed by atoms with Gasteiger partial charge in [-0.15, -0.1) is 0 Å². The fraction of sp³-hybridized carbons (Fsp3) is 1.00. The quantitative estimate of drug-likeness (QED) is 0.551. The van der Waals surface area contributed by atoms with Gasteiger partial charge in [0.05, 0.1) is 0 Å². The maximum atomic E-state index is 2.52. The molecule has 5 unspecified atom stereocenters. The van der Waals surface area contributed by atoms with Gasteiger partial charge in [0.15, 0.2) is 0 Å². The van der Waals surface area contributed by atoms with Crippen molar-refractivity contribution in [2.24, 2.45) is 35.0 Å². The lowest BCUT2D eigenvalue weighted by molar-refractivity contribution is -0.0190. The Labute approximate surface area is 110 Å². The molecule has 1 fully saturated rings. The third-order valence-electron chi connectivity index (χ3n) is 5.92. The standard InChI is InChI=1S/C17H34/c1-8-12(3)15(9-2)11-17(6,7)16-10-13(4)14(16)5/h12-16H,8-11H2,1-7H3. The van der Waals surface area contributed by atoms with Crippen molar-refractivity contribution in [2.45, 2.75) is 74.1 Å². The van der Waals surface area contributed by atoms with Crippen LogP contribution < -0.4 is 0 Å². The van der Waals surface area contributed by atoms with E-state index < -0.39 is 0 Å². The molecule has 0 N–H and O–H groups in total. The average Bonchev–Trinajstić information content (AvgIpc) is 2.31. The Morgan fingerprint density at radius 3 is 2.06 bits per heavy atom. The minimum atomic E-state index is 0.552. The normalized spacial score (nSPS) is 33.0. The summed E-state index contributed by atoms with van der Waals surface area (Å²) >= 11 is 0. The lowest BCUT2D eigenvalue weighted by Crippen LogP contribution is -2.43. The first-order valence-corrected chi connectivity index (χ1v) is 7.83. The van der Waals surface area contributed by atoms with Gasteiger partial charge in [-0.2, -0.15) is 0 Å². The third kappa shape index (κ3) is 3.26. The molecular weight excluding hydrogens is 204 g/mol. The number of hydrogen-bond donors (Lipinski definition) is 0. The molecule has 0 aromatic heterocycles. The lowest BCUT2D eigenvalue weighted by atomic mass is 9.54. The van der Waals surface area contributed by atoms with Gasteiger partial charge >= 0.3 is 0 Å². The molecule has 0 radical (unpaired) electrons. The molecule has 0 bridgehead atoms. The Bertz CT molecular complexity index is 228. The Morgan fingerprint density at radius 1 is 1.12 bits per heavy atom. The van der Waals surface area contributed by atoms with E-state index in [1.54, 1.807) is 0 Å². The van der Waals surface area contributed by atoms with Gasteiger partial charge < -0.3 is 0 Å². The minimum absolute atomic E-state index is 0.552. The van der Waals surface area contributed by atoms with Crippen LogP contribution in [0.1, 0.15) is 74.1 Å². The van der Waals surface area contributed by atoms with Crippen molar-refractivity contribution < 1.29 is 0 Å². The minimum Gasteiger partial charge on any atom is -0.0651 e. The molecule has 0 aromatic rings. The number of rotatable bonds is 6. The Hall–Kier alpha value is 0. The molecule has 0 nitrogen and oxygen atoms in total. The van der Waals surface area contributed by atoms with Crippen LogP contribution in [0, 0.1) is 35.0 Å². The summed E-state index contributed by atoms with van der Waals surface area (Å²) in [5, 5.41) is 0. The molecule has 0 aliphatic heterocycles. The zero-order valence-corrected chi connectivity index (χ0v) is 13.2. The summed E-state index contributed by atoms with van der Waals surface area (Å²) in [5.41, 5.74) is 0.552. The first-order chi connectivity index (χ1) is 7.83. The molecule has 0 amide bonds. The second-order valence-corrected chi connectivity index (χ2v) is 7.43. The summed E-state index contributed by atoms with van der Waals surface area (Å²) in [4.78, 5) is 0. The monoisotopic (exact) mass is 238 g/mol. The topological polar surface area (TPSA) is 0 Å². The predicted molar refractivity (Wildman–Crippen MR) is 78.1 cm³/mol. The predicted octanol–water partition coefficient (Wildman–Crippen LogP) is 5.77. The molecule has 5 atom stereocenters. The van der Waals surface area contributed by atoms with Crippen LogP contribution in [0.2, 0.25) is 0 Å². The molecule has 0 aromatic carbocycles. The average molecular weight is 238 g/mol. The number of hydrogen-bond acceptors (Lipinski definition) is 0. The van der Waals surface area contributed by atoms with Gasteiger partial charge in [-0.1, -0.05) is 61.3 Å². The Balaban J connectivity index is 2.58. The largest absolute Gasteiger partial charge is 0.0651 e. The first-order valence-electron chi connectivity index (χ1n) is 7.83. The highest BCUT2D eigenvalue weighted by Gasteiger charge is 2.44. The summed E-state index contributed by atoms with van der Waals surface area (Å²) in [5.74, 6) is 4.70. The van der Waals surface area contributed by atoms with Gasteiger partial charge in [0.25, 0.3) is 0 Å². The molecule has 102 valence electrons. The van der Waals surface area contributed by atoms with E-state index in [1.807, 2.05) is 0 Å². The lowest BCUT2D eigenvalue weighted by Gasteiger charge is -2.51. The molecule has 1 saturated carbocycles. The van der Waals surface area contributed by atoms with E-state index in [-0.39, 0.29) is 0 Å². The van der Waals surface area contributed by atoms with Crippen LogP contribution in [0.4, 0.5) is 0 Å². The van der Waals surface area contributed by atoms with Crippen molar-refractivity contribution in [1.29, 1.82) is 0 Å². The summed E-state index contributed by atoms with van der Waals surface area (Å²) in [6, 6.07) is 0. The molecule has 1 aliphatic rings. The summed E-state index contributed by atoms with van der Waals surface area (Å²) in [7, 11) is 0. The van der Waals surface area contributed by atoms with E-state index in [9.17, 15) is 0 Å². The molecule has 17 heavy (non-hydrogen) atoms. The zero-order chi connectivity index (χ0) is 13.2.